The van der Waals surface area contributed by atoms with E-state index in [1.54, 1.807) is 19.9 Å². The lowest BCUT2D eigenvalue weighted by molar-refractivity contribution is -0.140. The molecule has 0 aliphatic carbocycles. The number of alkyl halides is 3. The molecule has 0 amide bonds. The highest BCUT2D eigenvalue weighted by Crippen LogP contribution is 2.41. The van der Waals surface area contributed by atoms with Gasteiger partial charge in [-0.2, -0.15) is 21.6 Å². The number of cyclic esters (lactones) is 1. The molecular weight excluding hydrogens is 441 g/mol. The molecule has 1 aromatic rings. The van der Waals surface area contributed by atoms with Gasteiger partial charge in [0, 0.05) is 17.5 Å². The summed E-state index contributed by atoms with van der Waals surface area (Å²) in [6, 6.07) is 0. The number of hydrogen-bond donors (Lipinski definition) is 0. The second-order valence-electron chi connectivity index (χ2n) is 6.79. The first-order chi connectivity index (χ1) is 14.3. The Morgan fingerprint density at radius 2 is 1.94 bits per heavy atom. The molecule has 11 heteroatoms. The molecular formula is C20H21F3O7S. The molecule has 1 aromatic carbocycles. The van der Waals surface area contributed by atoms with E-state index in [1.165, 1.54) is 13.2 Å². The van der Waals surface area contributed by atoms with Crippen LogP contribution in [0.2, 0.25) is 0 Å². The Balaban J connectivity index is 2.62. The van der Waals surface area contributed by atoms with Crippen molar-refractivity contribution >= 4 is 28.1 Å². The highest BCUT2D eigenvalue weighted by atomic mass is 32.2. The maximum atomic E-state index is 13.0. The fraction of sp³-hybridized carbons (Fsp3) is 0.400. The van der Waals surface area contributed by atoms with E-state index in [4.69, 9.17) is 4.74 Å². The number of ether oxygens (including phenoxy) is 2. The standard InChI is InChI=1S/C20H21F3O7S/c1-5-13-12(3)15-10-29-19(25)17(15)18(30-31(26,27)20(21,22)23)14(13)8-6-11(2)7-9-16(24)28-4/h5-6H,1,7-10H2,2-4H3/b11-6+. The number of benzene rings is 1. The molecule has 0 saturated carbocycles. The van der Waals surface area contributed by atoms with Gasteiger partial charge in [0.25, 0.3) is 0 Å². The molecule has 0 unspecified atom stereocenters. The van der Waals surface area contributed by atoms with Gasteiger partial charge in [-0.1, -0.05) is 24.3 Å². The molecule has 2 rings (SSSR count). The minimum absolute atomic E-state index is 0.0374. The zero-order valence-corrected chi connectivity index (χ0v) is 17.9. The smallest absolute Gasteiger partial charge is 0.469 e. The molecule has 1 aliphatic heterocycles. The Labute approximate surface area is 177 Å². The van der Waals surface area contributed by atoms with Crippen LogP contribution < -0.4 is 4.18 Å². The summed E-state index contributed by atoms with van der Waals surface area (Å²) in [5.74, 6) is -2.14. The van der Waals surface area contributed by atoms with E-state index in [-0.39, 0.29) is 36.1 Å². The lowest BCUT2D eigenvalue weighted by Crippen LogP contribution is -2.29. The highest BCUT2D eigenvalue weighted by molar-refractivity contribution is 7.88. The molecule has 0 fully saturated rings. The first kappa shape index (κ1) is 24.4. The van der Waals surface area contributed by atoms with Crippen molar-refractivity contribution in [2.75, 3.05) is 7.11 Å². The van der Waals surface area contributed by atoms with Crippen molar-refractivity contribution in [1.82, 2.24) is 0 Å². The highest BCUT2D eigenvalue weighted by Gasteiger charge is 2.50. The van der Waals surface area contributed by atoms with Crippen molar-refractivity contribution in [3.8, 4) is 5.75 Å². The molecule has 170 valence electrons. The number of esters is 2. The van der Waals surface area contributed by atoms with E-state index < -0.39 is 33.3 Å². The van der Waals surface area contributed by atoms with Crippen LogP contribution in [0.3, 0.4) is 0 Å². The van der Waals surface area contributed by atoms with Gasteiger partial charge in [-0.25, -0.2) is 4.79 Å². The Morgan fingerprint density at radius 1 is 1.29 bits per heavy atom. The summed E-state index contributed by atoms with van der Waals surface area (Å²) in [6.45, 7) is 6.74. The van der Waals surface area contributed by atoms with Gasteiger partial charge < -0.3 is 13.7 Å². The maximum absolute atomic E-state index is 13.0. The van der Waals surface area contributed by atoms with E-state index in [1.807, 2.05) is 0 Å². The fourth-order valence-electron chi connectivity index (χ4n) is 3.10. The molecule has 31 heavy (non-hydrogen) atoms. The number of rotatable bonds is 8. The lowest BCUT2D eigenvalue weighted by Gasteiger charge is -2.19. The number of fused-ring (bicyclic) bond motifs is 1. The summed E-state index contributed by atoms with van der Waals surface area (Å²) >= 11 is 0. The van der Waals surface area contributed by atoms with Crippen molar-refractivity contribution in [3.05, 3.63) is 46.0 Å². The van der Waals surface area contributed by atoms with Crippen LogP contribution in [0.4, 0.5) is 13.2 Å². The average molecular weight is 462 g/mol. The predicted molar refractivity (Wildman–Crippen MR) is 105 cm³/mol. The Kier molecular flexibility index (Phi) is 7.20. The Hall–Kier alpha value is -2.82. The number of halogens is 3. The summed E-state index contributed by atoms with van der Waals surface area (Å²) in [6.07, 6.45) is 3.29. The van der Waals surface area contributed by atoms with Crippen LogP contribution in [0.5, 0.6) is 5.75 Å². The van der Waals surface area contributed by atoms with Crippen molar-refractivity contribution < 1.29 is 44.8 Å². The minimum Gasteiger partial charge on any atom is -0.469 e. The van der Waals surface area contributed by atoms with E-state index in [0.717, 1.165) is 0 Å². The molecule has 7 nitrogen and oxygen atoms in total. The Morgan fingerprint density at radius 3 is 2.48 bits per heavy atom. The van der Waals surface area contributed by atoms with Gasteiger partial charge in [0.05, 0.1) is 7.11 Å². The van der Waals surface area contributed by atoms with Gasteiger partial charge in [-0.15, -0.1) is 0 Å². The van der Waals surface area contributed by atoms with E-state index in [0.29, 0.717) is 23.1 Å². The number of carbonyl (C=O) groups excluding carboxylic acids is 2. The normalized spacial score (nSPS) is 14.1. The monoisotopic (exact) mass is 462 g/mol. The SMILES string of the molecule is C=Cc1c(C)c2c(c(OS(=O)(=O)C(F)(F)F)c1C/C=C(\C)CCC(=O)OC)C(=O)OC2. The zero-order chi connectivity index (χ0) is 23.6. The van der Waals surface area contributed by atoms with Gasteiger partial charge in [-0.05, 0) is 37.8 Å². The third-order valence-corrected chi connectivity index (χ3v) is 5.78. The maximum Gasteiger partial charge on any atom is 0.534 e. The average Bonchev–Trinajstić information content (AvgIpc) is 3.07. The summed E-state index contributed by atoms with van der Waals surface area (Å²) < 4.78 is 76.3. The molecule has 0 bridgehead atoms. The van der Waals surface area contributed by atoms with Crippen LogP contribution in [0, 0.1) is 6.92 Å². The van der Waals surface area contributed by atoms with E-state index >= 15 is 0 Å². The summed E-state index contributed by atoms with van der Waals surface area (Å²) in [5, 5.41) is 0. The number of methoxy groups -OCH3 is 1. The van der Waals surface area contributed by atoms with Crippen molar-refractivity contribution in [2.45, 2.75) is 45.2 Å². The van der Waals surface area contributed by atoms with Gasteiger partial charge >= 0.3 is 27.6 Å². The molecule has 0 spiro atoms. The molecule has 1 aliphatic rings. The molecule has 0 N–H and O–H groups in total. The molecule has 0 saturated heterocycles. The quantitative estimate of drug-likeness (QED) is 0.250. The summed E-state index contributed by atoms with van der Waals surface area (Å²) in [5.41, 5.74) is -4.22. The van der Waals surface area contributed by atoms with Crippen LogP contribution in [-0.2, 0) is 37.4 Å². The number of carbonyl (C=O) groups is 2. The van der Waals surface area contributed by atoms with E-state index in [2.05, 4.69) is 15.5 Å². The molecule has 0 aromatic heterocycles. The largest absolute Gasteiger partial charge is 0.534 e. The predicted octanol–water partition coefficient (Wildman–Crippen LogP) is 3.98. The van der Waals surface area contributed by atoms with Gasteiger partial charge in [-0.3, -0.25) is 4.79 Å². The van der Waals surface area contributed by atoms with Gasteiger partial charge in [0.1, 0.15) is 12.2 Å². The number of hydrogen-bond acceptors (Lipinski definition) is 7. The molecule has 0 radical (unpaired) electrons. The first-order valence-corrected chi connectivity index (χ1v) is 10.5. The number of allylic oxidation sites excluding steroid dienone is 2. The van der Waals surface area contributed by atoms with Crippen LogP contribution in [0.1, 0.15) is 52.4 Å². The van der Waals surface area contributed by atoms with Crippen molar-refractivity contribution in [1.29, 1.82) is 0 Å². The van der Waals surface area contributed by atoms with Crippen LogP contribution in [0.25, 0.3) is 6.08 Å². The topological polar surface area (TPSA) is 96.0 Å². The van der Waals surface area contributed by atoms with Crippen LogP contribution in [-0.4, -0.2) is 33.0 Å². The van der Waals surface area contributed by atoms with Crippen LogP contribution >= 0.6 is 0 Å². The summed E-state index contributed by atoms with van der Waals surface area (Å²) in [7, 11) is -4.80. The summed E-state index contributed by atoms with van der Waals surface area (Å²) in [4.78, 5) is 23.5. The Bertz CT molecular complexity index is 1050. The lowest BCUT2D eigenvalue weighted by atomic mass is 9.90. The van der Waals surface area contributed by atoms with Crippen molar-refractivity contribution in [3.63, 3.8) is 0 Å². The fourth-order valence-corrected chi connectivity index (χ4v) is 3.60. The minimum atomic E-state index is -6.04. The second-order valence-corrected chi connectivity index (χ2v) is 8.33. The molecule has 1 heterocycles. The third-order valence-electron chi connectivity index (χ3n) is 4.82. The van der Waals surface area contributed by atoms with Gasteiger partial charge in [0.15, 0.2) is 5.75 Å². The first-order valence-electron chi connectivity index (χ1n) is 9.05. The van der Waals surface area contributed by atoms with Gasteiger partial charge in [0.2, 0.25) is 0 Å². The zero-order valence-electron chi connectivity index (χ0n) is 17.1. The van der Waals surface area contributed by atoms with E-state index in [9.17, 15) is 31.2 Å². The van der Waals surface area contributed by atoms with Crippen LogP contribution in [0.15, 0.2) is 18.2 Å². The third kappa shape index (κ3) is 5.09. The van der Waals surface area contributed by atoms with Crippen molar-refractivity contribution in [2.24, 2.45) is 0 Å². The molecule has 0 atom stereocenters. The second kappa shape index (κ2) is 9.13.